The number of aromatic amines is 1. The van der Waals surface area contributed by atoms with E-state index in [0.29, 0.717) is 34.4 Å². The number of nitrogens with zero attached hydrogens (tertiary/aromatic N) is 3. The van der Waals surface area contributed by atoms with Gasteiger partial charge in [-0.3, -0.25) is 9.59 Å². The molecule has 2 aliphatic carbocycles. The van der Waals surface area contributed by atoms with Crippen molar-refractivity contribution in [2.45, 2.75) is 12.5 Å². The van der Waals surface area contributed by atoms with E-state index >= 15 is 0 Å². The second-order valence-electron chi connectivity index (χ2n) is 8.16. The Balaban J connectivity index is 1.39. The number of aromatic nitrogens is 4. The largest absolute Gasteiger partial charge is 0.484 e. The van der Waals surface area contributed by atoms with Crippen LogP contribution in [0, 0.1) is 17.8 Å². The Hall–Kier alpha value is -4.15. The molecular formula is C22H24N8O3. The zero-order valence-corrected chi connectivity index (χ0v) is 17.9. The van der Waals surface area contributed by atoms with Gasteiger partial charge in [0.25, 0.3) is 5.91 Å². The van der Waals surface area contributed by atoms with Gasteiger partial charge in [-0.2, -0.15) is 9.97 Å². The number of primary amides is 1. The van der Waals surface area contributed by atoms with E-state index in [2.05, 4.69) is 48.0 Å². The summed E-state index contributed by atoms with van der Waals surface area (Å²) in [6.07, 6.45) is 6.66. The lowest BCUT2D eigenvalue weighted by molar-refractivity contribution is -0.123. The van der Waals surface area contributed by atoms with E-state index < -0.39 is 0 Å². The van der Waals surface area contributed by atoms with Gasteiger partial charge in [-0.25, -0.2) is 4.98 Å². The van der Waals surface area contributed by atoms with Gasteiger partial charge in [0.05, 0.1) is 12.2 Å². The Kier molecular flexibility index (Phi) is 5.29. The summed E-state index contributed by atoms with van der Waals surface area (Å²) in [5.74, 6) is 0.918. The Morgan fingerprint density at radius 2 is 2.09 bits per heavy atom. The van der Waals surface area contributed by atoms with Crippen LogP contribution in [0.2, 0.25) is 0 Å². The van der Waals surface area contributed by atoms with E-state index in [1.54, 1.807) is 31.6 Å². The van der Waals surface area contributed by atoms with Crippen LogP contribution in [0.3, 0.4) is 0 Å². The average molecular weight is 448 g/mol. The van der Waals surface area contributed by atoms with Gasteiger partial charge in [-0.15, -0.1) is 0 Å². The normalized spacial score (nSPS) is 22.9. The molecule has 2 bridgehead atoms. The topological polar surface area (TPSA) is 160 Å². The highest BCUT2D eigenvalue weighted by Gasteiger charge is 2.47. The molecule has 0 saturated heterocycles. The minimum Gasteiger partial charge on any atom is -0.484 e. The lowest BCUT2D eigenvalue weighted by Crippen LogP contribution is -2.41. The first-order valence-electron chi connectivity index (χ1n) is 10.7. The van der Waals surface area contributed by atoms with Crippen molar-refractivity contribution in [3.05, 3.63) is 42.7 Å². The number of amides is 2. The fourth-order valence-corrected chi connectivity index (χ4v) is 4.57. The first kappa shape index (κ1) is 20.7. The Labute approximate surface area is 189 Å². The summed E-state index contributed by atoms with van der Waals surface area (Å²) >= 11 is 0. The zero-order chi connectivity index (χ0) is 22.9. The van der Waals surface area contributed by atoms with Gasteiger partial charge in [0, 0.05) is 24.8 Å². The standard InChI is InChI=1S/C22H24N8O3/c1-24-15(31)9-33-14-4-2-3-13(8-14)27-22-29-20-18(25-10-26-20)21(30-22)28-17-12-6-5-11(7-12)16(17)19(23)32/h2-6,8,10-12,16-17H,7,9H2,1H3,(H2,23,32)(H,24,31)(H3,25,26,27,28,29,30). The maximum Gasteiger partial charge on any atom is 0.257 e. The molecule has 3 aromatic rings. The number of hydrogen-bond acceptors (Lipinski definition) is 8. The van der Waals surface area contributed by atoms with Gasteiger partial charge >= 0.3 is 0 Å². The van der Waals surface area contributed by atoms with Crippen LogP contribution in [0.5, 0.6) is 5.75 Å². The molecule has 6 N–H and O–H groups in total. The van der Waals surface area contributed by atoms with Crippen LogP contribution in [0.4, 0.5) is 17.5 Å². The molecule has 0 spiro atoms. The number of carbonyl (C=O) groups excluding carboxylic acids is 2. The van der Waals surface area contributed by atoms with Crippen LogP contribution in [0.15, 0.2) is 42.7 Å². The van der Waals surface area contributed by atoms with E-state index in [4.69, 9.17) is 10.5 Å². The summed E-state index contributed by atoms with van der Waals surface area (Å²) in [4.78, 5) is 40.0. The van der Waals surface area contributed by atoms with Crippen LogP contribution in [-0.2, 0) is 9.59 Å². The molecule has 1 aromatic carbocycles. The minimum absolute atomic E-state index is 0.0797. The van der Waals surface area contributed by atoms with E-state index in [0.717, 1.165) is 6.42 Å². The van der Waals surface area contributed by atoms with Gasteiger partial charge < -0.3 is 31.4 Å². The number of allylic oxidation sites excluding steroid dienone is 1. The van der Waals surface area contributed by atoms with Gasteiger partial charge in [0.1, 0.15) is 11.3 Å². The van der Waals surface area contributed by atoms with Crippen LogP contribution in [0.1, 0.15) is 6.42 Å². The molecule has 0 radical (unpaired) electrons. The number of hydrogen-bond donors (Lipinski definition) is 5. The number of fused-ring (bicyclic) bond motifs is 3. The van der Waals surface area contributed by atoms with Crippen molar-refractivity contribution in [1.29, 1.82) is 0 Å². The highest BCUT2D eigenvalue weighted by atomic mass is 16.5. The number of rotatable bonds is 8. The maximum absolute atomic E-state index is 12.1. The minimum atomic E-state index is -0.316. The van der Waals surface area contributed by atoms with Gasteiger partial charge in [0.15, 0.2) is 18.1 Å². The van der Waals surface area contributed by atoms with E-state index in [9.17, 15) is 9.59 Å². The van der Waals surface area contributed by atoms with Gasteiger partial charge in [-0.1, -0.05) is 18.2 Å². The quantitative estimate of drug-likeness (QED) is 0.322. The molecule has 2 heterocycles. The highest BCUT2D eigenvalue weighted by Crippen LogP contribution is 2.45. The number of ether oxygens (including phenoxy) is 1. The summed E-state index contributed by atoms with van der Waals surface area (Å²) in [7, 11) is 1.55. The van der Waals surface area contributed by atoms with Crippen LogP contribution in [-0.4, -0.2) is 51.4 Å². The van der Waals surface area contributed by atoms with Crippen molar-refractivity contribution in [1.82, 2.24) is 25.3 Å². The van der Waals surface area contributed by atoms with E-state index in [-0.39, 0.29) is 42.2 Å². The van der Waals surface area contributed by atoms with Crippen molar-refractivity contribution in [3.8, 4) is 5.75 Å². The molecule has 1 saturated carbocycles. The van der Waals surface area contributed by atoms with Gasteiger partial charge in [0.2, 0.25) is 11.9 Å². The SMILES string of the molecule is CNC(=O)COc1cccc(Nc2nc(NC3C4C=CC(C4)C3C(N)=O)c3nc[nH]c3n2)c1. The second-order valence-corrected chi connectivity index (χ2v) is 8.16. The molecule has 0 aliphatic heterocycles. The van der Waals surface area contributed by atoms with Crippen molar-refractivity contribution in [3.63, 3.8) is 0 Å². The fourth-order valence-electron chi connectivity index (χ4n) is 4.57. The van der Waals surface area contributed by atoms with Crippen molar-refractivity contribution >= 4 is 40.4 Å². The predicted molar refractivity (Wildman–Crippen MR) is 122 cm³/mol. The number of H-pyrrole nitrogens is 1. The third-order valence-electron chi connectivity index (χ3n) is 6.11. The Morgan fingerprint density at radius 3 is 2.91 bits per heavy atom. The molecule has 33 heavy (non-hydrogen) atoms. The second kappa shape index (κ2) is 8.41. The third kappa shape index (κ3) is 4.04. The number of anilines is 3. The molecule has 2 aromatic heterocycles. The van der Waals surface area contributed by atoms with Gasteiger partial charge in [-0.05, 0) is 30.4 Å². The zero-order valence-electron chi connectivity index (χ0n) is 17.9. The Morgan fingerprint density at radius 1 is 1.24 bits per heavy atom. The lowest BCUT2D eigenvalue weighted by Gasteiger charge is -2.27. The molecule has 11 nitrogen and oxygen atoms in total. The molecule has 5 rings (SSSR count). The van der Waals surface area contributed by atoms with E-state index in [1.165, 1.54) is 0 Å². The Bertz CT molecular complexity index is 1240. The smallest absolute Gasteiger partial charge is 0.257 e. The number of likely N-dealkylation sites (N-methyl/N-ethyl adjacent to an activating group) is 1. The molecule has 4 unspecified atom stereocenters. The molecule has 11 heteroatoms. The van der Waals surface area contributed by atoms with Crippen LogP contribution < -0.4 is 26.4 Å². The number of nitrogens with two attached hydrogens (primary N) is 1. The monoisotopic (exact) mass is 448 g/mol. The average Bonchev–Trinajstić information content (AvgIpc) is 3.54. The summed E-state index contributed by atoms with van der Waals surface area (Å²) in [5, 5.41) is 9.09. The maximum atomic E-state index is 12.1. The third-order valence-corrected chi connectivity index (χ3v) is 6.11. The number of nitrogens with one attached hydrogen (secondary N) is 4. The van der Waals surface area contributed by atoms with Crippen molar-refractivity contribution in [2.75, 3.05) is 24.3 Å². The summed E-state index contributed by atoms with van der Waals surface area (Å²) in [6.45, 7) is -0.0797. The fraction of sp³-hybridized carbons (Fsp3) is 0.318. The molecular weight excluding hydrogens is 424 g/mol. The predicted octanol–water partition coefficient (Wildman–Crippen LogP) is 1.31. The van der Waals surface area contributed by atoms with Crippen LogP contribution >= 0.6 is 0 Å². The molecule has 4 atom stereocenters. The van der Waals surface area contributed by atoms with E-state index in [1.807, 2.05) is 6.07 Å². The van der Waals surface area contributed by atoms with Crippen molar-refractivity contribution in [2.24, 2.45) is 23.5 Å². The first-order chi connectivity index (χ1) is 16.0. The lowest BCUT2D eigenvalue weighted by atomic mass is 9.88. The molecule has 2 amide bonds. The number of carbonyl (C=O) groups is 2. The summed E-state index contributed by atoms with van der Waals surface area (Å²) in [6, 6.07) is 6.99. The highest BCUT2D eigenvalue weighted by molar-refractivity contribution is 5.85. The molecule has 1 fully saturated rings. The molecule has 2 aliphatic rings. The first-order valence-corrected chi connectivity index (χ1v) is 10.7. The summed E-state index contributed by atoms with van der Waals surface area (Å²) in [5.41, 5.74) is 7.52. The summed E-state index contributed by atoms with van der Waals surface area (Å²) < 4.78 is 5.50. The number of imidazole rings is 1. The molecule has 170 valence electrons. The number of benzene rings is 1. The van der Waals surface area contributed by atoms with Crippen LogP contribution in [0.25, 0.3) is 11.2 Å². The van der Waals surface area contributed by atoms with Crippen molar-refractivity contribution < 1.29 is 14.3 Å².